The molecule has 0 atom stereocenters. The van der Waals surface area contributed by atoms with Gasteiger partial charge in [-0.25, -0.2) is 0 Å². The summed E-state index contributed by atoms with van der Waals surface area (Å²) in [5.74, 6) is 3.07. The zero-order valence-corrected chi connectivity index (χ0v) is 9.73. The van der Waals surface area contributed by atoms with E-state index in [2.05, 4.69) is 51.0 Å². The van der Waals surface area contributed by atoms with Crippen LogP contribution >= 0.6 is 0 Å². The Bertz CT molecular complexity index is 236. The summed E-state index contributed by atoms with van der Waals surface area (Å²) in [6, 6.07) is 0. The largest absolute Gasteiger partial charge is 0.129 e. The minimum Gasteiger partial charge on any atom is -0.127 e. The van der Waals surface area contributed by atoms with Crippen LogP contribution in [0.4, 0.5) is 0 Å². The summed E-state index contributed by atoms with van der Waals surface area (Å²) in [7, 11) is -1.17. The Kier molecular flexibility index (Phi) is 4.69. The number of hydrogen-bond acceptors (Lipinski definition) is 0. The molecule has 0 aromatic carbocycles. The van der Waals surface area contributed by atoms with Gasteiger partial charge in [0.2, 0.25) is 0 Å². The van der Waals surface area contributed by atoms with Gasteiger partial charge in [-0.05, 0) is 19.9 Å². The van der Waals surface area contributed by atoms with Crippen LogP contribution in [-0.2, 0) is 0 Å². The first-order chi connectivity index (χ1) is 5.42. The van der Waals surface area contributed by atoms with Gasteiger partial charge in [0, 0.05) is 0 Å². The number of rotatable bonds is 1. The maximum atomic E-state index is 3.27. The molecule has 0 aromatic heterocycles. The van der Waals surface area contributed by atoms with E-state index < -0.39 is 8.07 Å². The van der Waals surface area contributed by atoms with Crippen LogP contribution in [0.15, 0.2) is 23.8 Å². The van der Waals surface area contributed by atoms with Gasteiger partial charge in [0.1, 0.15) is 8.07 Å². The molecular weight excluding hydrogens is 160 g/mol. The Hall–Kier alpha value is -0.743. The van der Waals surface area contributed by atoms with Gasteiger partial charge in [0.25, 0.3) is 0 Å². The first-order valence-electron chi connectivity index (χ1n) is 4.24. The summed E-state index contributed by atoms with van der Waals surface area (Å²) in [5, 5.41) is 0. The summed E-state index contributed by atoms with van der Waals surface area (Å²) in [5.41, 5.74) is 4.57. The van der Waals surface area contributed by atoms with E-state index in [9.17, 15) is 0 Å². The van der Waals surface area contributed by atoms with Crippen molar-refractivity contribution in [2.75, 3.05) is 0 Å². The quantitative estimate of drug-likeness (QED) is 0.328. The average Bonchev–Trinajstić information content (AvgIpc) is 1.83. The van der Waals surface area contributed by atoms with Gasteiger partial charge < -0.3 is 0 Å². The molecule has 0 N–H and O–H groups in total. The lowest BCUT2D eigenvalue weighted by Gasteiger charge is -2.01. The van der Waals surface area contributed by atoms with Gasteiger partial charge >= 0.3 is 0 Å². The van der Waals surface area contributed by atoms with Crippen molar-refractivity contribution in [1.29, 1.82) is 0 Å². The van der Waals surface area contributed by atoms with E-state index in [0.29, 0.717) is 0 Å². The van der Waals surface area contributed by atoms with E-state index >= 15 is 0 Å². The lowest BCUT2D eigenvalue weighted by molar-refractivity contribution is 1.39. The van der Waals surface area contributed by atoms with Gasteiger partial charge in [-0.15, -0.1) is 5.54 Å². The number of allylic oxidation sites excluding steroid dienone is 4. The molecule has 0 heterocycles. The van der Waals surface area contributed by atoms with Gasteiger partial charge in [-0.3, -0.25) is 0 Å². The second-order valence-corrected chi connectivity index (χ2v) is 8.87. The zero-order valence-electron chi connectivity index (χ0n) is 8.73. The molecule has 0 fully saturated rings. The van der Waals surface area contributed by atoms with Gasteiger partial charge in [0.15, 0.2) is 0 Å². The summed E-state index contributed by atoms with van der Waals surface area (Å²) in [6.07, 6.45) is 5.99. The molecule has 0 aliphatic rings. The Morgan fingerprint density at radius 3 is 2.17 bits per heavy atom. The van der Waals surface area contributed by atoms with E-state index in [1.165, 1.54) is 5.57 Å². The van der Waals surface area contributed by atoms with E-state index in [1.807, 2.05) is 12.2 Å². The lowest BCUT2D eigenvalue weighted by atomic mass is 10.3. The first-order valence-corrected chi connectivity index (χ1v) is 7.74. The van der Waals surface area contributed by atoms with Crippen molar-refractivity contribution in [1.82, 2.24) is 0 Å². The summed E-state index contributed by atoms with van der Waals surface area (Å²) in [6.45, 7) is 10.9. The SMILES string of the molecule is CC(C)=C/C=C/C#C[Si](C)(C)C. The number of hydrogen-bond donors (Lipinski definition) is 0. The molecule has 0 unspecified atom stereocenters. The van der Waals surface area contributed by atoms with Crippen molar-refractivity contribution >= 4 is 8.07 Å². The van der Waals surface area contributed by atoms with Crippen LogP contribution < -0.4 is 0 Å². The average molecular weight is 178 g/mol. The topological polar surface area (TPSA) is 0 Å². The highest BCUT2D eigenvalue weighted by atomic mass is 28.3. The van der Waals surface area contributed by atoms with Crippen LogP contribution in [0.5, 0.6) is 0 Å². The predicted molar refractivity (Wildman–Crippen MR) is 59.7 cm³/mol. The van der Waals surface area contributed by atoms with Crippen LogP contribution in [0.25, 0.3) is 0 Å². The van der Waals surface area contributed by atoms with Crippen molar-refractivity contribution in [2.45, 2.75) is 33.5 Å². The highest BCUT2D eigenvalue weighted by Gasteiger charge is 2.06. The molecule has 0 saturated carbocycles. The van der Waals surface area contributed by atoms with Crippen LogP contribution in [0.2, 0.25) is 19.6 Å². The minimum atomic E-state index is -1.17. The monoisotopic (exact) mass is 178 g/mol. The van der Waals surface area contributed by atoms with Crippen molar-refractivity contribution in [3.63, 3.8) is 0 Å². The Labute approximate surface area is 77.4 Å². The van der Waals surface area contributed by atoms with Crippen LogP contribution in [0.1, 0.15) is 13.8 Å². The maximum absolute atomic E-state index is 3.27. The van der Waals surface area contributed by atoms with Crippen LogP contribution in [-0.4, -0.2) is 8.07 Å². The molecule has 0 amide bonds. The molecule has 0 saturated heterocycles. The molecule has 0 aliphatic heterocycles. The molecular formula is C11H18Si. The van der Waals surface area contributed by atoms with Crippen molar-refractivity contribution < 1.29 is 0 Å². The molecule has 0 bridgehead atoms. The second-order valence-electron chi connectivity index (χ2n) is 4.12. The first kappa shape index (κ1) is 11.3. The standard InChI is InChI=1S/C11H18Si/c1-11(2)9-7-6-8-10-12(3,4)5/h6-7,9H,1-5H3/b7-6+. The van der Waals surface area contributed by atoms with E-state index in [-0.39, 0.29) is 0 Å². The van der Waals surface area contributed by atoms with Gasteiger partial charge in [0.05, 0.1) is 0 Å². The van der Waals surface area contributed by atoms with Crippen LogP contribution in [0, 0.1) is 11.5 Å². The molecule has 0 spiro atoms. The third kappa shape index (κ3) is 9.26. The molecule has 0 rings (SSSR count). The van der Waals surface area contributed by atoms with E-state index in [1.54, 1.807) is 0 Å². The Morgan fingerprint density at radius 2 is 1.75 bits per heavy atom. The fourth-order valence-corrected chi connectivity index (χ4v) is 1.06. The molecule has 1 heteroatoms. The maximum Gasteiger partial charge on any atom is 0.129 e. The normalized spacial score (nSPS) is 10.8. The van der Waals surface area contributed by atoms with Gasteiger partial charge in [-0.1, -0.05) is 43.3 Å². The molecule has 0 aromatic rings. The van der Waals surface area contributed by atoms with Crippen molar-refractivity contribution in [2.24, 2.45) is 0 Å². The lowest BCUT2D eigenvalue weighted by Crippen LogP contribution is -2.16. The summed E-state index contributed by atoms with van der Waals surface area (Å²) < 4.78 is 0. The fourth-order valence-electron chi connectivity index (χ4n) is 0.547. The zero-order chi connectivity index (χ0) is 9.61. The Balaban J connectivity index is 4.04. The fraction of sp³-hybridized carbons (Fsp3) is 0.455. The minimum absolute atomic E-state index is 1.17. The van der Waals surface area contributed by atoms with Crippen LogP contribution in [0.3, 0.4) is 0 Å². The highest BCUT2D eigenvalue weighted by molar-refractivity contribution is 6.83. The smallest absolute Gasteiger partial charge is 0.127 e. The third-order valence-electron chi connectivity index (χ3n) is 1.06. The Morgan fingerprint density at radius 1 is 1.17 bits per heavy atom. The third-order valence-corrected chi connectivity index (χ3v) is 1.95. The second kappa shape index (κ2) is 5.00. The summed E-state index contributed by atoms with van der Waals surface area (Å²) in [4.78, 5) is 0. The molecule has 66 valence electrons. The predicted octanol–water partition coefficient (Wildman–Crippen LogP) is 3.39. The molecule has 0 aliphatic carbocycles. The highest BCUT2D eigenvalue weighted by Crippen LogP contribution is 1.96. The molecule has 0 radical (unpaired) electrons. The van der Waals surface area contributed by atoms with E-state index in [0.717, 1.165) is 0 Å². The summed E-state index contributed by atoms with van der Waals surface area (Å²) >= 11 is 0. The van der Waals surface area contributed by atoms with Crippen molar-refractivity contribution in [3.05, 3.63) is 23.8 Å². The molecule has 0 nitrogen and oxygen atoms in total. The van der Waals surface area contributed by atoms with E-state index in [4.69, 9.17) is 0 Å². The van der Waals surface area contributed by atoms with Crippen molar-refractivity contribution in [3.8, 4) is 11.5 Å². The molecule has 12 heavy (non-hydrogen) atoms. The van der Waals surface area contributed by atoms with Gasteiger partial charge in [-0.2, -0.15) is 0 Å².